The van der Waals surface area contributed by atoms with Crippen LogP contribution in [0.25, 0.3) is 66.8 Å². The van der Waals surface area contributed by atoms with Gasteiger partial charge in [0.25, 0.3) is 0 Å². The number of phenolic OH excluding ortho intramolecular Hbond substituents is 6. The molecular weight excluding hydrogens is 1740 g/mol. The molecule has 11 aromatic rings. The lowest BCUT2D eigenvalue weighted by atomic mass is 9.88. The van der Waals surface area contributed by atoms with Crippen molar-refractivity contribution in [2.24, 2.45) is 0 Å². The number of hydrogen-bond acceptors (Lipinski definition) is 12. The lowest BCUT2D eigenvalue weighted by molar-refractivity contribution is 0.303. The summed E-state index contributed by atoms with van der Waals surface area (Å²) in [4.78, 5) is 15.6. The van der Waals surface area contributed by atoms with Crippen molar-refractivity contribution in [1.29, 1.82) is 0 Å². The largest absolute Gasteiger partial charge is 0.506 e. The van der Waals surface area contributed by atoms with Gasteiger partial charge in [-0.3, -0.25) is 0 Å². The number of benzene rings is 8. The van der Waals surface area contributed by atoms with Gasteiger partial charge in [-0.15, -0.1) is 0 Å². The van der Waals surface area contributed by atoms with Crippen LogP contribution >= 0.6 is 0 Å². The van der Waals surface area contributed by atoms with Crippen LogP contribution in [-0.2, 0) is 38.5 Å². The molecule has 8 aromatic carbocycles. The molecule has 3 aliphatic rings. The Morgan fingerprint density at radius 3 is 0.504 bits per heavy atom. The monoisotopic (exact) mass is 1880 g/mol. The van der Waals surface area contributed by atoms with Gasteiger partial charge in [-0.25, -0.2) is 15.0 Å². The van der Waals surface area contributed by atoms with Crippen LogP contribution in [0.2, 0.25) is 0 Å². The molecule has 3 aliphatic heterocycles. The van der Waals surface area contributed by atoms with Crippen molar-refractivity contribution in [3.8, 4) is 190 Å². The summed E-state index contributed by atoms with van der Waals surface area (Å²) in [6.07, 6.45) is 40.3. The molecule has 6 N–H and O–H groups in total. The number of aryl methyl sites for hydroxylation is 6. The van der Waals surface area contributed by atoms with Crippen LogP contribution in [0.4, 0.5) is 0 Å². The summed E-state index contributed by atoms with van der Waals surface area (Å²) in [5, 5.41) is 80.9. The molecule has 141 heavy (non-hydrogen) atoms. The second-order valence-electron chi connectivity index (χ2n) is 38.6. The van der Waals surface area contributed by atoms with Crippen LogP contribution in [0.1, 0.15) is 394 Å². The maximum absolute atomic E-state index is 13.5. The summed E-state index contributed by atoms with van der Waals surface area (Å²) in [7, 11) is 0. The molecule has 14 rings (SSSR count). The fraction of sp³-hybridized carbons (Fsp3) is 0.419. The third-order valence-corrected chi connectivity index (χ3v) is 26.8. The summed E-state index contributed by atoms with van der Waals surface area (Å²) in [5.41, 5.74) is 16.4. The Morgan fingerprint density at radius 1 is 0.177 bits per heavy atom. The van der Waals surface area contributed by atoms with E-state index in [1.165, 1.54) is 19.3 Å². The number of aromatic hydroxyl groups is 6. The first-order valence-electron chi connectivity index (χ1n) is 53.5. The molecule has 12 nitrogen and oxygen atoms in total. The van der Waals surface area contributed by atoms with Gasteiger partial charge in [0.2, 0.25) is 0 Å². The second kappa shape index (κ2) is 55.1. The van der Waals surface area contributed by atoms with Crippen molar-refractivity contribution in [3.05, 3.63) is 247 Å². The highest BCUT2D eigenvalue weighted by Crippen LogP contribution is 2.48. The molecule has 0 saturated carbocycles. The molecule has 3 aromatic heterocycles. The van der Waals surface area contributed by atoms with E-state index in [9.17, 15) is 30.6 Å². The van der Waals surface area contributed by atoms with E-state index in [2.05, 4.69) is 170 Å². The number of hydrogen-bond donors (Lipinski definition) is 6. The third kappa shape index (κ3) is 30.6. The van der Waals surface area contributed by atoms with E-state index in [0.29, 0.717) is 210 Å². The van der Waals surface area contributed by atoms with Gasteiger partial charge in [0.05, 0.1) is 53.2 Å². The molecule has 0 aliphatic carbocycles. The smallest absolute Gasteiger partial charge is 0.139 e. The van der Waals surface area contributed by atoms with E-state index in [0.717, 1.165) is 245 Å². The van der Waals surface area contributed by atoms with Crippen molar-refractivity contribution in [3.63, 3.8) is 0 Å². The van der Waals surface area contributed by atoms with Gasteiger partial charge in [0, 0.05) is 69.8 Å². The number of pyridine rings is 3. The second-order valence-corrected chi connectivity index (χ2v) is 38.6. The molecular formula is C129H147N3O9. The number of aromatic nitrogens is 3. The summed E-state index contributed by atoms with van der Waals surface area (Å²) < 4.78 is 20.1. The molecule has 0 amide bonds. The molecule has 732 valence electrons. The lowest BCUT2D eigenvalue weighted by Gasteiger charge is -2.18. The highest BCUT2D eigenvalue weighted by molar-refractivity contribution is 5.91. The zero-order valence-electron chi connectivity index (χ0n) is 85.4. The fourth-order valence-corrected chi connectivity index (χ4v) is 18.7. The minimum Gasteiger partial charge on any atom is -0.506 e. The lowest BCUT2D eigenvalue weighted by Crippen LogP contribution is -2.00. The molecule has 24 bridgehead atoms. The Labute approximate surface area is 842 Å². The Bertz CT molecular complexity index is 5540. The maximum atomic E-state index is 13.5. The predicted octanol–water partition coefficient (Wildman–Crippen LogP) is 31.7. The summed E-state index contributed by atoms with van der Waals surface area (Å²) >= 11 is 0. The minimum atomic E-state index is -0.0769. The Morgan fingerprint density at radius 2 is 0.333 bits per heavy atom. The van der Waals surface area contributed by atoms with Gasteiger partial charge in [0.1, 0.15) is 85.9 Å². The first-order chi connectivity index (χ1) is 68.9. The topological polar surface area (TPSA) is 188 Å². The van der Waals surface area contributed by atoms with Gasteiger partial charge in [0.15, 0.2) is 0 Å². The molecule has 0 atom stereocenters. The Balaban J connectivity index is 1.18. The van der Waals surface area contributed by atoms with Crippen LogP contribution in [0.3, 0.4) is 0 Å². The highest BCUT2D eigenvalue weighted by Gasteiger charge is 2.25. The van der Waals surface area contributed by atoms with Crippen molar-refractivity contribution in [2.45, 2.75) is 332 Å². The Hall–Kier alpha value is -13.2. The van der Waals surface area contributed by atoms with E-state index >= 15 is 0 Å². The van der Waals surface area contributed by atoms with Crippen molar-refractivity contribution >= 4 is 0 Å². The van der Waals surface area contributed by atoms with Crippen molar-refractivity contribution in [1.82, 2.24) is 15.0 Å². The maximum Gasteiger partial charge on any atom is 0.139 e. The molecule has 0 saturated heterocycles. The number of rotatable bonds is 48. The average molecular weight is 1880 g/mol. The molecule has 0 spiro atoms. The first-order valence-corrected chi connectivity index (χ1v) is 53.5. The fourth-order valence-electron chi connectivity index (χ4n) is 18.7. The molecule has 6 heterocycles. The summed E-state index contributed by atoms with van der Waals surface area (Å²) in [5.74, 6) is 42.4. The van der Waals surface area contributed by atoms with Gasteiger partial charge in [-0.2, -0.15) is 0 Å². The number of phenols is 6. The van der Waals surface area contributed by atoms with E-state index < -0.39 is 0 Å². The van der Waals surface area contributed by atoms with Gasteiger partial charge in [-0.05, 0) is 308 Å². The van der Waals surface area contributed by atoms with Crippen molar-refractivity contribution < 1.29 is 44.8 Å². The Kier molecular flexibility index (Phi) is 41.1. The van der Waals surface area contributed by atoms with Gasteiger partial charge < -0.3 is 44.8 Å². The average Bonchev–Trinajstić information content (AvgIpc) is 0.766. The quantitative estimate of drug-likeness (QED) is 0.0157. The highest BCUT2D eigenvalue weighted by atomic mass is 16.5. The van der Waals surface area contributed by atoms with Crippen molar-refractivity contribution in [2.75, 3.05) is 19.8 Å². The normalized spacial score (nSPS) is 11.5. The SMILES string of the molecule is CCCCCCCCOc1cc2nc(c1)C#Cc1cc(CCCCC)cc(c1O)-c1cc3cc(c1)-c1cc(CCCCC)cc(c1O)C#Cc1cc(OCCCCCCCC)cc(n1)C#Cc1cc(CCCCC)cc(c1O)-c1cc(cc(c1)-c1cc(CCCCC)cc(c1O)C#Cc1cc(OCCCCCCCC)cc(n1)C#Cc1cc(CCCCC)cc-3c1O)-c1cc(CCCCC)cc(c1O)C#C2. The predicted molar refractivity (Wildman–Crippen MR) is 580 cm³/mol. The standard InChI is InChI=1S/C129H147N3O9/c1-10-19-28-31-34-43-64-139-115-85-109-58-52-97-67-91(46-37-22-13-4)73-118(124(97)133)103-79-105-83-107(81-103)122-77-95(50-41-26-17-8)71-101(128(122)137)56-62-113-89-117(141-66-45-36-33-30-21-12-3)90-114(132-113)63-57-102-72-96(51-42-27-18-9)78-123(129(102)138)108-82-104(119-74-92(47-38-23-14-5)68-98(125(119)134)53-59-110(86-115)130-109)80-106(84-108)121-76-94(49-40-25-16-7)70-100(127(121)136)55-61-112-88-116(140-65-44-35-32-29-20-11-2)87-111(131-112)60-54-99-69-93(48-39-24-15-6)75-120(105)126(99)135/h67-90,133-138H,10-51,64-66H2,1-9H3. The molecule has 0 radical (unpaired) electrons. The van der Waals surface area contributed by atoms with E-state index in [1.54, 1.807) is 0 Å². The number of ether oxygens (including phenoxy) is 3. The van der Waals surface area contributed by atoms with Gasteiger partial charge >= 0.3 is 0 Å². The van der Waals surface area contributed by atoms with E-state index in [-0.39, 0.29) is 34.5 Å². The van der Waals surface area contributed by atoms with E-state index in [4.69, 9.17) is 29.2 Å². The number of unbranched alkanes of at least 4 members (excludes halogenated alkanes) is 27. The summed E-state index contributed by atoms with van der Waals surface area (Å²) in [6, 6.07) is 47.2. The first kappa shape index (κ1) is 105. The zero-order chi connectivity index (χ0) is 99.0. The minimum absolute atomic E-state index is 0.0769. The third-order valence-electron chi connectivity index (χ3n) is 26.8. The van der Waals surface area contributed by atoms with Gasteiger partial charge in [-0.1, -0.05) is 271 Å². The zero-order valence-corrected chi connectivity index (χ0v) is 85.4. The van der Waals surface area contributed by atoms with Crippen LogP contribution in [0.15, 0.2) is 146 Å². The number of nitrogens with zero attached hydrogens (tertiary/aromatic N) is 3. The summed E-state index contributed by atoms with van der Waals surface area (Å²) in [6.45, 7) is 21.2. The van der Waals surface area contributed by atoms with E-state index in [1.807, 2.05) is 109 Å². The molecule has 0 unspecified atom stereocenters. The van der Waals surface area contributed by atoms with Crippen LogP contribution in [0, 0.1) is 71.0 Å². The molecule has 0 fully saturated rings. The van der Waals surface area contributed by atoms with Crippen LogP contribution < -0.4 is 14.2 Å². The van der Waals surface area contributed by atoms with Crippen LogP contribution in [-0.4, -0.2) is 65.4 Å². The van der Waals surface area contributed by atoms with Crippen LogP contribution in [0.5, 0.6) is 51.7 Å². The molecule has 12 heteroatoms.